The van der Waals surface area contributed by atoms with Crippen LogP contribution < -0.4 is 5.32 Å². The summed E-state index contributed by atoms with van der Waals surface area (Å²) < 4.78 is 5.50. The normalized spacial score (nSPS) is 16.6. The molecule has 0 aliphatic carbocycles. The second-order valence-electron chi connectivity index (χ2n) is 4.93. The minimum Gasteiger partial charge on any atom is -0.501 e. The van der Waals surface area contributed by atoms with Crippen LogP contribution in [0.1, 0.15) is 31.4 Å². The lowest BCUT2D eigenvalue weighted by atomic mass is 9.94. The van der Waals surface area contributed by atoms with Crippen molar-refractivity contribution in [2.45, 2.75) is 25.8 Å². The Labute approximate surface area is 118 Å². The van der Waals surface area contributed by atoms with Crippen LogP contribution in [0.2, 0.25) is 0 Å². The molecule has 0 spiro atoms. The van der Waals surface area contributed by atoms with Gasteiger partial charge in [0.05, 0.1) is 29.9 Å². The van der Waals surface area contributed by atoms with Crippen LogP contribution in [0.4, 0.5) is 0 Å². The average Bonchev–Trinajstić information content (AvgIpc) is 2.53. The van der Waals surface area contributed by atoms with E-state index in [0.717, 1.165) is 37.0 Å². The number of rotatable bonds is 4. The van der Waals surface area contributed by atoms with Gasteiger partial charge < -0.3 is 10.1 Å². The predicted octanol–water partition coefficient (Wildman–Crippen LogP) is 2.97. The van der Waals surface area contributed by atoms with E-state index in [1.54, 1.807) is 12.4 Å². The van der Waals surface area contributed by atoms with Gasteiger partial charge in [-0.25, -0.2) is 0 Å². The largest absolute Gasteiger partial charge is 0.501 e. The standard InChI is InChI=1S/C16H19N3O/c1-2-17-15(12-5-4-10-20-11-12)13-6-3-7-14-16(13)19-9-8-18-14/h3,6-9,11,15,17H,2,4-5,10H2,1H3. The lowest BCUT2D eigenvalue weighted by molar-refractivity contribution is 0.219. The number of hydrogen-bond donors (Lipinski definition) is 1. The van der Waals surface area contributed by atoms with Crippen molar-refractivity contribution in [3.05, 3.63) is 48.0 Å². The molecule has 0 saturated heterocycles. The van der Waals surface area contributed by atoms with Crippen molar-refractivity contribution >= 4 is 11.0 Å². The Morgan fingerprint density at radius 3 is 3.00 bits per heavy atom. The molecule has 0 fully saturated rings. The molecule has 1 N–H and O–H groups in total. The van der Waals surface area contributed by atoms with Gasteiger partial charge in [0.2, 0.25) is 0 Å². The number of likely N-dealkylation sites (N-methyl/N-ethyl adjacent to an activating group) is 1. The third kappa shape index (κ3) is 2.51. The Hall–Kier alpha value is -1.94. The van der Waals surface area contributed by atoms with E-state index in [1.165, 1.54) is 11.1 Å². The summed E-state index contributed by atoms with van der Waals surface area (Å²) in [5.41, 5.74) is 4.36. The Balaban J connectivity index is 2.07. The van der Waals surface area contributed by atoms with E-state index >= 15 is 0 Å². The second-order valence-corrected chi connectivity index (χ2v) is 4.93. The smallest absolute Gasteiger partial charge is 0.0937 e. The van der Waals surface area contributed by atoms with E-state index in [2.05, 4.69) is 28.3 Å². The fourth-order valence-corrected chi connectivity index (χ4v) is 2.69. The Morgan fingerprint density at radius 1 is 1.30 bits per heavy atom. The van der Waals surface area contributed by atoms with Crippen LogP contribution in [0.3, 0.4) is 0 Å². The van der Waals surface area contributed by atoms with Crippen LogP contribution in [-0.4, -0.2) is 23.1 Å². The van der Waals surface area contributed by atoms with Crippen molar-refractivity contribution in [3.8, 4) is 0 Å². The molecule has 20 heavy (non-hydrogen) atoms. The SMILES string of the molecule is CCNC(C1=COCCC1)c1cccc2nccnc12. The third-order valence-electron chi connectivity index (χ3n) is 3.58. The molecular weight excluding hydrogens is 250 g/mol. The summed E-state index contributed by atoms with van der Waals surface area (Å²) in [7, 11) is 0. The summed E-state index contributed by atoms with van der Waals surface area (Å²) in [5.74, 6) is 0. The summed E-state index contributed by atoms with van der Waals surface area (Å²) >= 11 is 0. The maximum absolute atomic E-state index is 5.50. The molecule has 1 aliphatic rings. The molecule has 1 aromatic carbocycles. The minimum atomic E-state index is 0.153. The van der Waals surface area contributed by atoms with Gasteiger partial charge in [0.15, 0.2) is 0 Å². The molecule has 1 atom stereocenters. The molecule has 1 aliphatic heterocycles. The number of benzene rings is 1. The first-order valence-corrected chi connectivity index (χ1v) is 7.13. The van der Waals surface area contributed by atoms with E-state index in [4.69, 9.17) is 4.74 Å². The molecule has 4 nitrogen and oxygen atoms in total. The van der Waals surface area contributed by atoms with Gasteiger partial charge >= 0.3 is 0 Å². The summed E-state index contributed by atoms with van der Waals surface area (Å²) in [4.78, 5) is 8.90. The van der Waals surface area contributed by atoms with Crippen molar-refractivity contribution in [2.75, 3.05) is 13.2 Å². The molecule has 2 heterocycles. The zero-order valence-electron chi connectivity index (χ0n) is 11.7. The van der Waals surface area contributed by atoms with Crippen molar-refractivity contribution in [1.82, 2.24) is 15.3 Å². The zero-order chi connectivity index (χ0) is 13.8. The zero-order valence-corrected chi connectivity index (χ0v) is 11.7. The third-order valence-corrected chi connectivity index (χ3v) is 3.58. The Kier molecular flexibility index (Phi) is 3.92. The maximum Gasteiger partial charge on any atom is 0.0937 e. The lowest BCUT2D eigenvalue weighted by Gasteiger charge is -2.25. The molecular formula is C16H19N3O. The van der Waals surface area contributed by atoms with E-state index in [1.807, 2.05) is 18.4 Å². The maximum atomic E-state index is 5.50. The first kappa shape index (κ1) is 13.1. The van der Waals surface area contributed by atoms with Crippen LogP contribution in [0.5, 0.6) is 0 Å². The monoisotopic (exact) mass is 269 g/mol. The van der Waals surface area contributed by atoms with Crippen LogP contribution in [0, 0.1) is 0 Å². The number of aromatic nitrogens is 2. The molecule has 2 aromatic rings. The average molecular weight is 269 g/mol. The van der Waals surface area contributed by atoms with Crippen molar-refractivity contribution in [2.24, 2.45) is 0 Å². The van der Waals surface area contributed by atoms with E-state index in [0.29, 0.717) is 0 Å². The molecule has 1 aromatic heterocycles. The van der Waals surface area contributed by atoms with Crippen molar-refractivity contribution in [3.63, 3.8) is 0 Å². The molecule has 0 bridgehead atoms. The number of para-hydroxylation sites is 1. The highest BCUT2D eigenvalue weighted by molar-refractivity contribution is 5.78. The van der Waals surface area contributed by atoms with Gasteiger partial charge in [-0.2, -0.15) is 0 Å². The molecule has 0 radical (unpaired) electrons. The van der Waals surface area contributed by atoms with Crippen molar-refractivity contribution < 1.29 is 4.74 Å². The van der Waals surface area contributed by atoms with Crippen LogP contribution >= 0.6 is 0 Å². The quantitative estimate of drug-likeness (QED) is 0.927. The lowest BCUT2D eigenvalue weighted by Crippen LogP contribution is -2.24. The van der Waals surface area contributed by atoms with Gasteiger partial charge in [-0.1, -0.05) is 19.1 Å². The van der Waals surface area contributed by atoms with Gasteiger partial charge in [-0.3, -0.25) is 9.97 Å². The fraction of sp³-hybridized carbons (Fsp3) is 0.375. The molecule has 0 saturated carbocycles. The minimum absolute atomic E-state index is 0.153. The molecule has 1 unspecified atom stereocenters. The summed E-state index contributed by atoms with van der Waals surface area (Å²) in [5, 5.41) is 3.54. The Bertz CT molecular complexity index is 619. The van der Waals surface area contributed by atoms with Crippen LogP contribution in [-0.2, 0) is 4.74 Å². The van der Waals surface area contributed by atoms with E-state index in [9.17, 15) is 0 Å². The summed E-state index contributed by atoms with van der Waals surface area (Å²) in [6.07, 6.45) is 7.53. The highest BCUT2D eigenvalue weighted by Gasteiger charge is 2.20. The van der Waals surface area contributed by atoms with Crippen LogP contribution in [0.15, 0.2) is 42.4 Å². The van der Waals surface area contributed by atoms with Crippen LogP contribution in [0.25, 0.3) is 11.0 Å². The molecule has 104 valence electrons. The molecule has 3 rings (SSSR count). The second kappa shape index (κ2) is 6.01. The fourth-order valence-electron chi connectivity index (χ4n) is 2.69. The van der Waals surface area contributed by atoms with E-state index < -0.39 is 0 Å². The predicted molar refractivity (Wildman–Crippen MR) is 79.2 cm³/mol. The van der Waals surface area contributed by atoms with E-state index in [-0.39, 0.29) is 6.04 Å². The molecule has 4 heteroatoms. The first-order chi connectivity index (χ1) is 9.90. The molecule has 0 amide bonds. The first-order valence-electron chi connectivity index (χ1n) is 7.13. The Morgan fingerprint density at radius 2 is 2.20 bits per heavy atom. The number of nitrogens with one attached hydrogen (secondary N) is 1. The van der Waals surface area contributed by atoms with Gasteiger partial charge in [0.25, 0.3) is 0 Å². The van der Waals surface area contributed by atoms with Gasteiger partial charge in [0.1, 0.15) is 0 Å². The topological polar surface area (TPSA) is 47.0 Å². The summed E-state index contributed by atoms with van der Waals surface area (Å²) in [6, 6.07) is 6.32. The van der Waals surface area contributed by atoms with Gasteiger partial charge in [-0.15, -0.1) is 0 Å². The number of ether oxygens (including phenoxy) is 1. The number of hydrogen-bond acceptors (Lipinski definition) is 4. The highest BCUT2D eigenvalue weighted by Crippen LogP contribution is 2.30. The number of fused-ring (bicyclic) bond motifs is 1. The summed E-state index contributed by atoms with van der Waals surface area (Å²) in [6.45, 7) is 3.84. The number of nitrogens with zero attached hydrogens (tertiary/aromatic N) is 2. The van der Waals surface area contributed by atoms with Gasteiger partial charge in [-0.05, 0) is 31.0 Å². The van der Waals surface area contributed by atoms with Crippen molar-refractivity contribution in [1.29, 1.82) is 0 Å². The van der Waals surface area contributed by atoms with Gasteiger partial charge in [0, 0.05) is 18.0 Å². The highest BCUT2D eigenvalue weighted by atomic mass is 16.5.